The largest absolute Gasteiger partial charge is 0.872 e. The Bertz CT molecular complexity index is 942. The number of halogens is 1. The highest BCUT2D eigenvalue weighted by Crippen LogP contribution is 2.37. The van der Waals surface area contributed by atoms with Gasteiger partial charge in [0.15, 0.2) is 4.32 Å². The second-order valence-electron chi connectivity index (χ2n) is 5.02. The van der Waals surface area contributed by atoms with Crippen molar-refractivity contribution in [1.29, 1.82) is 0 Å². The van der Waals surface area contributed by atoms with Gasteiger partial charge in [-0.1, -0.05) is 59.5 Å². The minimum Gasteiger partial charge on any atom is -0.872 e. The molecule has 0 aliphatic carbocycles. The number of nitrogens with zero attached hydrogens (tertiary/aromatic N) is 1. The van der Waals surface area contributed by atoms with Crippen LogP contribution in [0.2, 0.25) is 5.02 Å². The molecule has 0 spiro atoms. The van der Waals surface area contributed by atoms with Crippen molar-refractivity contribution >= 4 is 63.5 Å². The first-order valence-electron chi connectivity index (χ1n) is 6.95. The number of carboxylic acid groups (broad SMARTS) is 1. The Morgan fingerprint density at radius 2 is 2.00 bits per heavy atom. The molecule has 0 atom stereocenters. The molecule has 5 nitrogen and oxygen atoms in total. The first kappa shape index (κ1) is 17.5. The summed E-state index contributed by atoms with van der Waals surface area (Å²) in [6, 6.07) is 10.7. The molecular formula is C17H9ClNO4S2-. The Morgan fingerprint density at radius 3 is 2.64 bits per heavy atom. The Balaban J connectivity index is 1.96. The molecule has 0 aromatic heterocycles. The average Bonchev–Trinajstić information content (AvgIpc) is 2.83. The number of carbonyl (C=O) groups excluding carboxylic acids is 1. The van der Waals surface area contributed by atoms with E-state index in [9.17, 15) is 14.7 Å². The van der Waals surface area contributed by atoms with Gasteiger partial charge in [0.05, 0.1) is 16.2 Å². The molecule has 1 N–H and O–H groups in total. The van der Waals surface area contributed by atoms with Crippen LogP contribution >= 0.6 is 35.6 Å². The fourth-order valence-corrected chi connectivity index (χ4v) is 3.73. The van der Waals surface area contributed by atoms with Crippen molar-refractivity contribution in [2.24, 2.45) is 0 Å². The van der Waals surface area contributed by atoms with Crippen molar-refractivity contribution in [2.75, 3.05) is 4.90 Å². The monoisotopic (exact) mass is 390 g/mol. The number of aromatic carboxylic acids is 1. The first-order valence-corrected chi connectivity index (χ1v) is 8.55. The van der Waals surface area contributed by atoms with Gasteiger partial charge in [-0.05, 0) is 35.9 Å². The molecule has 126 valence electrons. The lowest BCUT2D eigenvalue weighted by Crippen LogP contribution is -2.27. The summed E-state index contributed by atoms with van der Waals surface area (Å²) in [4.78, 5) is 25.2. The van der Waals surface area contributed by atoms with E-state index in [1.165, 1.54) is 11.0 Å². The van der Waals surface area contributed by atoms with Crippen molar-refractivity contribution < 1.29 is 19.8 Å². The Kier molecular flexibility index (Phi) is 4.80. The van der Waals surface area contributed by atoms with Crippen LogP contribution in [-0.4, -0.2) is 21.3 Å². The third kappa shape index (κ3) is 3.39. The van der Waals surface area contributed by atoms with E-state index in [-0.39, 0.29) is 15.6 Å². The second-order valence-corrected chi connectivity index (χ2v) is 7.11. The average molecular weight is 391 g/mol. The number of anilines is 1. The summed E-state index contributed by atoms with van der Waals surface area (Å²) in [5.41, 5.74) is 0.552. The molecule has 2 aromatic carbocycles. The highest BCUT2D eigenvalue weighted by atomic mass is 35.5. The minimum atomic E-state index is -1.32. The molecule has 1 amide bonds. The smallest absolute Gasteiger partial charge is 0.335 e. The molecule has 3 rings (SSSR count). The van der Waals surface area contributed by atoms with Crippen molar-refractivity contribution in [3.05, 3.63) is 63.5 Å². The molecular weight excluding hydrogens is 382 g/mol. The molecule has 25 heavy (non-hydrogen) atoms. The lowest BCUT2D eigenvalue weighted by molar-refractivity contribution is -0.268. The molecule has 1 aliphatic rings. The van der Waals surface area contributed by atoms with E-state index < -0.39 is 17.6 Å². The number of carboxylic acids is 1. The molecule has 0 bridgehead atoms. The molecule has 0 saturated carbocycles. The van der Waals surface area contributed by atoms with Crippen LogP contribution in [0, 0.1) is 0 Å². The molecule has 2 aromatic rings. The molecule has 1 heterocycles. The second kappa shape index (κ2) is 6.87. The van der Waals surface area contributed by atoms with Crippen LogP contribution in [0.3, 0.4) is 0 Å². The van der Waals surface area contributed by atoms with Crippen LogP contribution in [0.5, 0.6) is 5.75 Å². The third-order valence-corrected chi connectivity index (χ3v) is 5.09. The lowest BCUT2D eigenvalue weighted by Gasteiger charge is -2.18. The highest BCUT2D eigenvalue weighted by molar-refractivity contribution is 8.27. The van der Waals surface area contributed by atoms with Crippen molar-refractivity contribution in [3.63, 3.8) is 0 Å². The van der Waals surface area contributed by atoms with Crippen LogP contribution in [0.15, 0.2) is 47.4 Å². The number of rotatable bonds is 3. The predicted octanol–water partition coefficient (Wildman–Crippen LogP) is 3.52. The van der Waals surface area contributed by atoms with E-state index >= 15 is 0 Å². The minimum absolute atomic E-state index is 0.236. The maximum Gasteiger partial charge on any atom is 0.335 e. The quantitative estimate of drug-likeness (QED) is 0.638. The van der Waals surface area contributed by atoms with Gasteiger partial charge in [-0.25, -0.2) is 4.79 Å². The van der Waals surface area contributed by atoms with Crippen molar-refractivity contribution in [2.45, 2.75) is 0 Å². The molecule has 0 unspecified atom stereocenters. The van der Waals surface area contributed by atoms with Crippen LogP contribution in [0.4, 0.5) is 5.69 Å². The summed E-state index contributed by atoms with van der Waals surface area (Å²) in [6.07, 6.45) is 1.63. The Labute approximate surface area is 157 Å². The topological polar surface area (TPSA) is 80.7 Å². The van der Waals surface area contributed by atoms with E-state index in [4.69, 9.17) is 28.9 Å². The standard InChI is InChI=1S/C17H10ClNO4S2/c18-12-4-2-1-3-9(12)7-14-15(21)19(17(24)25-14)10-5-6-11(16(22)23)13(20)8-10/h1-8,20H,(H,22,23)/p-1/b14-7-. The summed E-state index contributed by atoms with van der Waals surface area (Å²) in [5, 5.41) is 21.3. The molecule has 1 saturated heterocycles. The Morgan fingerprint density at radius 1 is 1.28 bits per heavy atom. The van der Waals surface area contributed by atoms with Gasteiger partial charge in [0, 0.05) is 5.02 Å². The zero-order valence-corrected chi connectivity index (χ0v) is 14.8. The van der Waals surface area contributed by atoms with E-state index in [1.807, 2.05) is 0 Å². The normalized spacial score (nSPS) is 15.9. The summed E-state index contributed by atoms with van der Waals surface area (Å²) in [6.45, 7) is 0. The van der Waals surface area contributed by atoms with E-state index in [2.05, 4.69) is 0 Å². The van der Waals surface area contributed by atoms with Crippen LogP contribution in [0.25, 0.3) is 6.08 Å². The molecule has 0 radical (unpaired) electrons. The number of hydrogen-bond acceptors (Lipinski definition) is 5. The van der Waals surface area contributed by atoms with E-state index in [1.54, 1.807) is 30.3 Å². The SMILES string of the molecule is O=C(O)c1ccc(N2C(=O)/C(=C/c3ccccc3Cl)SC2=S)cc1[O-]. The molecule has 1 fully saturated rings. The van der Waals surface area contributed by atoms with Gasteiger partial charge in [-0.3, -0.25) is 9.69 Å². The maximum atomic E-state index is 12.6. The first-order chi connectivity index (χ1) is 11.9. The van der Waals surface area contributed by atoms with Crippen molar-refractivity contribution in [3.8, 4) is 5.75 Å². The Hall–Kier alpha value is -2.35. The number of hydrogen-bond donors (Lipinski definition) is 1. The van der Waals surface area contributed by atoms with Crippen LogP contribution in [-0.2, 0) is 4.79 Å². The summed E-state index contributed by atoms with van der Waals surface area (Å²) in [5.74, 6) is -2.40. The number of amides is 1. The van der Waals surface area contributed by atoms with Gasteiger partial charge < -0.3 is 10.2 Å². The van der Waals surface area contributed by atoms with Gasteiger partial charge >= 0.3 is 5.97 Å². The van der Waals surface area contributed by atoms with Gasteiger partial charge in [0.2, 0.25) is 0 Å². The van der Waals surface area contributed by atoms with Crippen LogP contribution < -0.4 is 10.0 Å². The summed E-state index contributed by atoms with van der Waals surface area (Å²) in [7, 11) is 0. The van der Waals surface area contributed by atoms with E-state index in [0.717, 1.165) is 23.9 Å². The summed E-state index contributed by atoms with van der Waals surface area (Å²) < 4.78 is 0.255. The zero-order valence-electron chi connectivity index (χ0n) is 12.4. The number of carbonyl (C=O) groups is 2. The molecule has 8 heteroatoms. The predicted molar refractivity (Wildman–Crippen MR) is 100.0 cm³/mol. The third-order valence-electron chi connectivity index (χ3n) is 3.44. The fourth-order valence-electron chi connectivity index (χ4n) is 2.25. The van der Waals surface area contributed by atoms with Gasteiger partial charge in [-0.2, -0.15) is 0 Å². The highest BCUT2D eigenvalue weighted by Gasteiger charge is 2.33. The number of thioether (sulfide) groups is 1. The zero-order chi connectivity index (χ0) is 18.1. The fraction of sp³-hybridized carbons (Fsp3) is 0. The lowest BCUT2D eigenvalue weighted by atomic mass is 10.1. The van der Waals surface area contributed by atoms with E-state index in [0.29, 0.717) is 15.5 Å². The van der Waals surface area contributed by atoms with Crippen molar-refractivity contribution in [1.82, 2.24) is 0 Å². The number of benzene rings is 2. The van der Waals surface area contributed by atoms with Crippen LogP contribution in [0.1, 0.15) is 15.9 Å². The summed E-state index contributed by atoms with van der Waals surface area (Å²) >= 11 is 12.4. The van der Waals surface area contributed by atoms with Gasteiger partial charge in [-0.15, -0.1) is 0 Å². The number of thiocarbonyl (C=S) groups is 1. The maximum absolute atomic E-state index is 12.6. The van der Waals surface area contributed by atoms with Gasteiger partial charge in [0.1, 0.15) is 0 Å². The van der Waals surface area contributed by atoms with Gasteiger partial charge in [0.25, 0.3) is 5.91 Å². The molecule has 1 aliphatic heterocycles.